The number of nitrogens with one attached hydrogen (secondary N) is 1. The van der Waals surface area contributed by atoms with E-state index < -0.39 is 0 Å². The summed E-state index contributed by atoms with van der Waals surface area (Å²) in [6.45, 7) is 1.21. The molecule has 1 atom stereocenters. The van der Waals surface area contributed by atoms with E-state index in [1.807, 2.05) is 0 Å². The summed E-state index contributed by atoms with van der Waals surface area (Å²) in [5.74, 6) is 0.988. The molecular formula is C11H22N2. The molecule has 0 aliphatic heterocycles. The van der Waals surface area contributed by atoms with Crippen molar-refractivity contribution in [1.29, 1.82) is 0 Å². The molecule has 2 heteroatoms. The van der Waals surface area contributed by atoms with Gasteiger partial charge in [0.2, 0.25) is 0 Å². The number of likely N-dealkylation sites (N-methyl/N-ethyl adjacent to an activating group) is 1. The molecular weight excluding hydrogens is 160 g/mol. The fraction of sp³-hybridized carbons (Fsp3) is 1.00. The van der Waals surface area contributed by atoms with Crippen molar-refractivity contribution in [3.05, 3.63) is 0 Å². The number of hydrogen-bond donors (Lipinski definition) is 1. The molecule has 0 aromatic heterocycles. The smallest absolute Gasteiger partial charge is 0.0242 e. The minimum Gasteiger partial charge on any atom is -0.312 e. The zero-order valence-electron chi connectivity index (χ0n) is 8.92. The summed E-state index contributed by atoms with van der Waals surface area (Å²) in [6.07, 6.45) is 7.16. The second-order valence-electron chi connectivity index (χ2n) is 4.90. The second kappa shape index (κ2) is 3.97. The lowest BCUT2D eigenvalue weighted by atomic mass is 9.93. The Morgan fingerprint density at radius 1 is 1.23 bits per heavy atom. The Balaban J connectivity index is 1.69. The summed E-state index contributed by atoms with van der Waals surface area (Å²) >= 11 is 0. The van der Waals surface area contributed by atoms with Crippen LogP contribution in [0.15, 0.2) is 0 Å². The van der Waals surface area contributed by atoms with Gasteiger partial charge in [0.15, 0.2) is 0 Å². The van der Waals surface area contributed by atoms with E-state index in [4.69, 9.17) is 0 Å². The SMILES string of the molecule is CN(C)C(CNC1CCC1)C1CC1. The highest BCUT2D eigenvalue weighted by molar-refractivity contribution is 4.89. The Morgan fingerprint density at radius 3 is 2.31 bits per heavy atom. The monoisotopic (exact) mass is 182 g/mol. The third-order valence-corrected chi connectivity index (χ3v) is 3.55. The molecule has 0 bridgehead atoms. The van der Waals surface area contributed by atoms with Crippen molar-refractivity contribution >= 4 is 0 Å². The van der Waals surface area contributed by atoms with Gasteiger partial charge in [0.1, 0.15) is 0 Å². The van der Waals surface area contributed by atoms with Crippen LogP contribution >= 0.6 is 0 Å². The number of hydrogen-bond acceptors (Lipinski definition) is 2. The molecule has 0 amide bonds. The van der Waals surface area contributed by atoms with Crippen LogP contribution in [0.3, 0.4) is 0 Å². The largest absolute Gasteiger partial charge is 0.312 e. The molecule has 1 unspecified atom stereocenters. The van der Waals surface area contributed by atoms with Crippen molar-refractivity contribution in [1.82, 2.24) is 10.2 Å². The minimum absolute atomic E-state index is 0.792. The molecule has 2 aliphatic carbocycles. The topological polar surface area (TPSA) is 15.3 Å². The van der Waals surface area contributed by atoms with Gasteiger partial charge in [-0.2, -0.15) is 0 Å². The van der Waals surface area contributed by atoms with Crippen LogP contribution in [-0.2, 0) is 0 Å². The van der Waals surface area contributed by atoms with Gasteiger partial charge in [-0.25, -0.2) is 0 Å². The van der Waals surface area contributed by atoms with Crippen molar-refractivity contribution in [2.24, 2.45) is 5.92 Å². The first-order valence-electron chi connectivity index (χ1n) is 5.67. The Labute approximate surface area is 81.7 Å². The van der Waals surface area contributed by atoms with E-state index in [9.17, 15) is 0 Å². The molecule has 2 nitrogen and oxygen atoms in total. The molecule has 0 spiro atoms. The van der Waals surface area contributed by atoms with E-state index in [0.29, 0.717) is 0 Å². The zero-order valence-corrected chi connectivity index (χ0v) is 8.92. The van der Waals surface area contributed by atoms with Crippen LogP contribution in [0, 0.1) is 5.92 Å². The minimum atomic E-state index is 0.792. The van der Waals surface area contributed by atoms with Crippen molar-refractivity contribution in [3.63, 3.8) is 0 Å². The van der Waals surface area contributed by atoms with E-state index in [2.05, 4.69) is 24.3 Å². The van der Waals surface area contributed by atoms with Crippen LogP contribution < -0.4 is 5.32 Å². The van der Waals surface area contributed by atoms with Crippen LogP contribution in [0.2, 0.25) is 0 Å². The van der Waals surface area contributed by atoms with Crippen LogP contribution in [0.1, 0.15) is 32.1 Å². The lowest BCUT2D eigenvalue weighted by Crippen LogP contribution is -2.45. The van der Waals surface area contributed by atoms with Crippen LogP contribution in [-0.4, -0.2) is 37.6 Å². The average Bonchev–Trinajstić information content (AvgIpc) is 2.76. The van der Waals surface area contributed by atoms with E-state index in [1.165, 1.54) is 38.6 Å². The van der Waals surface area contributed by atoms with Crippen molar-refractivity contribution in [3.8, 4) is 0 Å². The predicted octanol–water partition coefficient (Wildman–Crippen LogP) is 1.47. The quantitative estimate of drug-likeness (QED) is 0.692. The maximum Gasteiger partial charge on any atom is 0.0242 e. The van der Waals surface area contributed by atoms with Crippen LogP contribution in [0.4, 0.5) is 0 Å². The fourth-order valence-corrected chi connectivity index (χ4v) is 2.15. The highest BCUT2D eigenvalue weighted by atomic mass is 15.1. The fourth-order valence-electron chi connectivity index (χ4n) is 2.15. The summed E-state index contributed by atoms with van der Waals surface area (Å²) in [7, 11) is 4.43. The number of rotatable bonds is 5. The molecule has 0 aromatic rings. The third kappa shape index (κ3) is 2.44. The van der Waals surface area contributed by atoms with Crippen molar-refractivity contribution in [2.75, 3.05) is 20.6 Å². The van der Waals surface area contributed by atoms with Gasteiger partial charge >= 0.3 is 0 Å². The van der Waals surface area contributed by atoms with Gasteiger partial charge in [0, 0.05) is 18.6 Å². The van der Waals surface area contributed by atoms with Gasteiger partial charge in [0.05, 0.1) is 0 Å². The lowest BCUT2D eigenvalue weighted by molar-refractivity contribution is 0.230. The summed E-state index contributed by atoms with van der Waals surface area (Å²) < 4.78 is 0. The first-order chi connectivity index (χ1) is 6.27. The van der Waals surface area contributed by atoms with Gasteiger partial charge < -0.3 is 10.2 Å². The highest BCUT2D eigenvalue weighted by Crippen LogP contribution is 2.34. The Morgan fingerprint density at radius 2 is 1.92 bits per heavy atom. The molecule has 0 heterocycles. The molecule has 13 heavy (non-hydrogen) atoms. The summed E-state index contributed by atoms with van der Waals surface area (Å²) in [4.78, 5) is 2.39. The lowest BCUT2D eigenvalue weighted by Gasteiger charge is -2.31. The van der Waals surface area contributed by atoms with Gasteiger partial charge in [-0.05, 0) is 45.7 Å². The van der Waals surface area contributed by atoms with Crippen molar-refractivity contribution < 1.29 is 0 Å². The molecule has 2 rings (SSSR count). The maximum absolute atomic E-state index is 3.68. The normalized spacial score (nSPS) is 26.1. The maximum atomic E-state index is 3.68. The Hall–Kier alpha value is -0.0800. The molecule has 0 saturated heterocycles. The Bertz CT molecular complexity index is 157. The van der Waals surface area contributed by atoms with Gasteiger partial charge in [-0.15, -0.1) is 0 Å². The highest BCUT2D eigenvalue weighted by Gasteiger charge is 2.32. The molecule has 0 aromatic carbocycles. The van der Waals surface area contributed by atoms with E-state index in [0.717, 1.165) is 18.0 Å². The van der Waals surface area contributed by atoms with Crippen LogP contribution in [0.5, 0.6) is 0 Å². The first kappa shape index (κ1) is 9.47. The summed E-state index contributed by atoms with van der Waals surface area (Å²) in [5, 5.41) is 3.68. The molecule has 0 radical (unpaired) electrons. The third-order valence-electron chi connectivity index (χ3n) is 3.55. The van der Waals surface area contributed by atoms with E-state index >= 15 is 0 Å². The van der Waals surface area contributed by atoms with Gasteiger partial charge in [0.25, 0.3) is 0 Å². The second-order valence-corrected chi connectivity index (χ2v) is 4.90. The standard InChI is InChI=1S/C11H22N2/c1-13(2)11(9-6-7-9)8-12-10-4-3-5-10/h9-12H,3-8H2,1-2H3. The van der Waals surface area contributed by atoms with E-state index in [-0.39, 0.29) is 0 Å². The average molecular weight is 182 g/mol. The molecule has 76 valence electrons. The molecule has 2 fully saturated rings. The van der Waals surface area contributed by atoms with Gasteiger partial charge in [-0.3, -0.25) is 0 Å². The molecule has 1 N–H and O–H groups in total. The molecule has 2 aliphatic rings. The molecule has 2 saturated carbocycles. The summed E-state index contributed by atoms with van der Waals surface area (Å²) in [6, 6.07) is 1.64. The van der Waals surface area contributed by atoms with Crippen molar-refractivity contribution in [2.45, 2.75) is 44.2 Å². The van der Waals surface area contributed by atoms with Gasteiger partial charge in [-0.1, -0.05) is 6.42 Å². The van der Waals surface area contributed by atoms with E-state index in [1.54, 1.807) is 0 Å². The summed E-state index contributed by atoms with van der Waals surface area (Å²) in [5.41, 5.74) is 0. The first-order valence-corrected chi connectivity index (χ1v) is 5.67. The predicted molar refractivity (Wildman–Crippen MR) is 55.8 cm³/mol. The number of nitrogens with zero attached hydrogens (tertiary/aromatic N) is 1. The zero-order chi connectivity index (χ0) is 9.26. The Kier molecular flexibility index (Phi) is 2.89. The van der Waals surface area contributed by atoms with Crippen LogP contribution in [0.25, 0.3) is 0 Å².